The zero-order chi connectivity index (χ0) is 13.1. The van der Waals surface area contributed by atoms with Crippen molar-refractivity contribution < 1.29 is 4.57 Å². The van der Waals surface area contributed by atoms with Crippen LogP contribution in [0, 0.1) is 5.41 Å². The standard InChI is InChI=1S/C11H15ClN3OP/c1-17(2,16)10-6-4-3-5-9(10)15-11(14)8(12)7-13/h3-8,13H,1-2H3,(H2,14,15). The average Bonchev–Trinajstić information content (AvgIpc) is 2.27. The van der Waals surface area contributed by atoms with E-state index >= 15 is 0 Å². The highest BCUT2D eigenvalue weighted by Gasteiger charge is 2.16. The highest BCUT2D eigenvalue weighted by atomic mass is 35.5. The summed E-state index contributed by atoms with van der Waals surface area (Å²) in [4.78, 5) is 4.14. The summed E-state index contributed by atoms with van der Waals surface area (Å²) in [5.41, 5.74) is 6.20. The van der Waals surface area contributed by atoms with Crippen LogP contribution in [-0.4, -0.2) is 30.8 Å². The quantitative estimate of drug-likeness (QED) is 0.381. The molecule has 0 aliphatic rings. The van der Waals surface area contributed by atoms with Gasteiger partial charge in [-0.2, -0.15) is 0 Å². The van der Waals surface area contributed by atoms with Crippen molar-refractivity contribution in [3.8, 4) is 0 Å². The Bertz CT molecular complexity index is 495. The van der Waals surface area contributed by atoms with Gasteiger partial charge in [-0.15, -0.1) is 11.6 Å². The summed E-state index contributed by atoms with van der Waals surface area (Å²) in [5.74, 6) is 0.127. The van der Waals surface area contributed by atoms with E-state index in [1.807, 2.05) is 0 Å². The molecule has 0 saturated heterocycles. The lowest BCUT2D eigenvalue weighted by Crippen LogP contribution is -2.25. The molecule has 0 saturated carbocycles. The maximum absolute atomic E-state index is 12.1. The molecule has 0 aliphatic carbocycles. The largest absolute Gasteiger partial charge is 0.386 e. The number of alkyl halides is 1. The van der Waals surface area contributed by atoms with Gasteiger partial charge in [-0.25, -0.2) is 4.99 Å². The van der Waals surface area contributed by atoms with E-state index in [9.17, 15) is 4.57 Å². The maximum atomic E-state index is 12.1. The summed E-state index contributed by atoms with van der Waals surface area (Å²) in [6.45, 7) is 3.35. The van der Waals surface area contributed by atoms with E-state index in [-0.39, 0.29) is 5.84 Å². The fourth-order valence-corrected chi connectivity index (χ4v) is 2.47. The van der Waals surface area contributed by atoms with Crippen LogP contribution >= 0.6 is 18.7 Å². The summed E-state index contributed by atoms with van der Waals surface area (Å²) in [7, 11) is -2.41. The van der Waals surface area contributed by atoms with Gasteiger partial charge in [0.1, 0.15) is 18.4 Å². The molecule has 0 amide bonds. The van der Waals surface area contributed by atoms with Crippen LogP contribution in [0.4, 0.5) is 5.69 Å². The Kier molecular flexibility index (Phi) is 4.49. The number of hydrogen-bond donors (Lipinski definition) is 2. The molecule has 4 nitrogen and oxygen atoms in total. The lowest BCUT2D eigenvalue weighted by Gasteiger charge is -2.11. The number of para-hydroxylation sites is 1. The van der Waals surface area contributed by atoms with Crippen LogP contribution in [0.15, 0.2) is 29.3 Å². The first-order chi connectivity index (χ1) is 7.86. The molecule has 0 bridgehead atoms. The third kappa shape index (κ3) is 3.69. The first kappa shape index (κ1) is 13.9. The van der Waals surface area contributed by atoms with Crippen LogP contribution in [0.2, 0.25) is 0 Å². The summed E-state index contributed by atoms with van der Waals surface area (Å²) >= 11 is 5.76. The van der Waals surface area contributed by atoms with Gasteiger partial charge in [0.15, 0.2) is 0 Å². The number of amidine groups is 1. The van der Waals surface area contributed by atoms with Crippen molar-refractivity contribution in [2.24, 2.45) is 10.7 Å². The van der Waals surface area contributed by atoms with Gasteiger partial charge in [0.05, 0.1) is 5.69 Å². The number of benzene rings is 1. The molecule has 3 N–H and O–H groups in total. The first-order valence-electron chi connectivity index (χ1n) is 4.99. The van der Waals surface area contributed by atoms with E-state index in [1.54, 1.807) is 37.6 Å². The summed E-state index contributed by atoms with van der Waals surface area (Å²) < 4.78 is 12.1. The average molecular weight is 272 g/mol. The minimum absolute atomic E-state index is 0.127. The molecule has 1 aromatic carbocycles. The van der Waals surface area contributed by atoms with Gasteiger partial charge < -0.3 is 15.7 Å². The molecule has 0 spiro atoms. The first-order valence-corrected chi connectivity index (χ1v) is 8.03. The van der Waals surface area contributed by atoms with E-state index in [1.165, 1.54) is 0 Å². The third-order valence-electron chi connectivity index (χ3n) is 2.14. The summed E-state index contributed by atoms with van der Waals surface area (Å²) in [6, 6.07) is 7.09. The topological polar surface area (TPSA) is 79.3 Å². The zero-order valence-corrected chi connectivity index (χ0v) is 11.4. The molecule has 1 aromatic rings. The number of nitrogens with two attached hydrogens (primary N) is 1. The van der Waals surface area contributed by atoms with Crippen molar-refractivity contribution in [2.45, 2.75) is 5.38 Å². The normalized spacial score (nSPS) is 14.4. The van der Waals surface area contributed by atoms with Crippen LogP contribution in [0.5, 0.6) is 0 Å². The highest BCUT2D eigenvalue weighted by molar-refractivity contribution is 7.70. The van der Waals surface area contributed by atoms with Gasteiger partial charge in [-0.05, 0) is 25.5 Å². The van der Waals surface area contributed by atoms with Crippen molar-refractivity contribution in [3.63, 3.8) is 0 Å². The van der Waals surface area contributed by atoms with E-state index in [0.29, 0.717) is 11.0 Å². The molecule has 1 atom stereocenters. The molecule has 0 aliphatic heterocycles. The van der Waals surface area contributed by atoms with E-state index < -0.39 is 12.5 Å². The molecule has 1 unspecified atom stereocenters. The fraction of sp³-hybridized carbons (Fsp3) is 0.273. The van der Waals surface area contributed by atoms with Crippen molar-refractivity contribution in [3.05, 3.63) is 24.3 Å². The van der Waals surface area contributed by atoms with E-state index in [4.69, 9.17) is 22.7 Å². The molecule has 0 heterocycles. The second-order valence-electron chi connectivity index (χ2n) is 3.94. The van der Waals surface area contributed by atoms with Crippen molar-refractivity contribution in [1.29, 1.82) is 5.41 Å². The molecule has 17 heavy (non-hydrogen) atoms. The molecular weight excluding hydrogens is 257 g/mol. The van der Waals surface area contributed by atoms with Crippen LogP contribution < -0.4 is 11.0 Å². The van der Waals surface area contributed by atoms with Gasteiger partial charge in [0.25, 0.3) is 0 Å². The Balaban J connectivity index is 3.24. The Labute approximate surface area is 106 Å². The predicted molar refractivity (Wildman–Crippen MR) is 75.2 cm³/mol. The smallest absolute Gasteiger partial charge is 0.125 e. The Morgan fingerprint density at radius 3 is 2.65 bits per heavy atom. The van der Waals surface area contributed by atoms with Crippen LogP contribution in [0.25, 0.3) is 0 Å². The zero-order valence-electron chi connectivity index (χ0n) is 9.72. The highest BCUT2D eigenvalue weighted by Crippen LogP contribution is 2.38. The molecule has 0 fully saturated rings. The van der Waals surface area contributed by atoms with Crippen LogP contribution in [0.3, 0.4) is 0 Å². The molecular formula is C11H15ClN3OP. The lowest BCUT2D eigenvalue weighted by molar-refractivity contribution is 0.588. The predicted octanol–water partition coefficient (Wildman–Crippen LogP) is 2.18. The van der Waals surface area contributed by atoms with Crippen molar-refractivity contribution in [1.82, 2.24) is 0 Å². The van der Waals surface area contributed by atoms with Gasteiger partial charge in [0.2, 0.25) is 0 Å². The Hall–Kier alpha value is -1.12. The third-order valence-corrected chi connectivity index (χ3v) is 4.03. The van der Waals surface area contributed by atoms with Crippen LogP contribution in [0.1, 0.15) is 0 Å². The SMILES string of the molecule is CP(C)(=O)c1ccccc1N=C(N)C(Cl)C=N. The molecule has 0 radical (unpaired) electrons. The molecule has 0 aromatic heterocycles. The fourth-order valence-electron chi connectivity index (χ4n) is 1.30. The van der Waals surface area contributed by atoms with E-state index in [2.05, 4.69) is 4.99 Å². The molecule has 1 rings (SSSR count). The van der Waals surface area contributed by atoms with Gasteiger partial charge in [-0.1, -0.05) is 12.1 Å². The molecule has 6 heteroatoms. The number of rotatable bonds is 4. The monoisotopic (exact) mass is 271 g/mol. The number of hydrogen-bond acceptors (Lipinski definition) is 3. The lowest BCUT2D eigenvalue weighted by atomic mass is 10.3. The Morgan fingerprint density at radius 2 is 2.12 bits per heavy atom. The second-order valence-corrected chi connectivity index (χ2v) is 7.60. The number of aliphatic imine (C=N–C) groups is 1. The second kappa shape index (κ2) is 5.48. The summed E-state index contributed by atoms with van der Waals surface area (Å²) in [6.07, 6.45) is 1.00. The number of nitrogens with zero attached hydrogens (tertiary/aromatic N) is 1. The minimum atomic E-state index is -2.41. The van der Waals surface area contributed by atoms with Crippen molar-refractivity contribution in [2.75, 3.05) is 13.3 Å². The van der Waals surface area contributed by atoms with Gasteiger partial charge in [-0.3, -0.25) is 0 Å². The maximum Gasteiger partial charge on any atom is 0.125 e. The van der Waals surface area contributed by atoms with Crippen molar-refractivity contribution >= 4 is 41.8 Å². The number of halogens is 1. The molecule has 92 valence electrons. The summed E-state index contributed by atoms with van der Waals surface area (Å²) in [5, 5.41) is 6.93. The number of nitrogens with one attached hydrogen (secondary N) is 1. The van der Waals surface area contributed by atoms with Gasteiger partial charge >= 0.3 is 0 Å². The van der Waals surface area contributed by atoms with Crippen LogP contribution in [-0.2, 0) is 4.57 Å². The van der Waals surface area contributed by atoms with Gasteiger partial charge in [0, 0.05) is 11.5 Å². The minimum Gasteiger partial charge on any atom is -0.386 e. The van der Waals surface area contributed by atoms with E-state index in [0.717, 1.165) is 6.21 Å². The Morgan fingerprint density at radius 1 is 1.53 bits per heavy atom.